The Morgan fingerprint density at radius 3 is 2.06 bits per heavy atom. The van der Waals surface area contributed by atoms with Crippen LogP contribution >= 0.6 is 0 Å². The lowest BCUT2D eigenvalue weighted by Gasteiger charge is -2.29. The van der Waals surface area contributed by atoms with Crippen LogP contribution in [0.15, 0.2) is 30.3 Å². The average Bonchev–Trinajstić information content (AvgIpc) is 2.39. The largest absolute Gasteiger partial charge is 0.389 e. The number of hydrogen-bond acceptors (Lipinski definition) is 3. The zero-order valence-corrected chi connectivity index (χ0v) is 11.6. The number of rotatable bonds is 7. The van der Waals surface area contributed by atoms with Crippen LogP contribution in [0.1, 0.15) is 39.2 Å². The first-order valence-corrected chi connectivity index (χ1v) is 6.64. The molecule has 0 aliphatic rings. The molecule has 3 N–H and O–H groups in total. The maximum Gasteiger partial charge on any atom is 0.0992 e. The van der Waals surface area contributed by atoms with Gasteiger partial charge in [0, 0.05) is 13.1 Å². The van der Waals surface area contributed by atoms with Gasteiger partial charge in [0.25, 0.3) is 0 Å². The molecule has 3 nitrogen and oxygen atoms in total. The second kappa shape index (κ2) is 6.32. The van der Waals surface area contributed by atoms with Crippen molar-refractivity contribution in [2.24, 2.45) is 0 Å². The van der Waals surface area contributed by atoms with Gasteiger partial charge in [0.15, 0.2) is 0 Å². The third kappa shape index (κ3) is 4.09. The Balaban J connectivity index is 2.53. The Hall–Kier alpha value is -0.900. The minimum atomic E-state index is -0.913. The first-order chi connectivity index (χ1) is 8.43. The molecule has 1 atom stereocenters. The van der Waals surface area contributed by atoms with E-state index in [4.69, 9.17) is 0 Å². The fraction of sp³-hybridized carbons (Fsp3) is 0.600. The Morgan fingerprint density at radius 1 is 1.00 bits per heavy atom. The van der Waals surface area contributed by atoms with Gasteiger partial charge in [-0.1, -0.05) is 44.2 Å². The summed E-state index contributed by atoms with van der Waals surface area (Å²) in [5, 5.41) is 23.7. The third-order valence-electron chi connectivity index (χ3n) is 3.64. The van der Waals surface area contributed by atoms with Crippen LogP contribution in [0.2, 0.25) is 0 Å². The SMILES string of the molecule is CCC(O)(CC)CNCC(C)(O)c1ccccc1. The van der Waals surface area contributed by atoms with E-state index < -0.39 is 11.2 Å². The Morgan fingerprint density at radius 2 is 1.56 bits per heavy atom. The maximum atomic E-state index is 10.4. The lowest BCUT2D eigenvalue weighted by atomic mass is 9.94. The van der Waals surface area contributed by atoms with E-state index in [9.17, 15) is 10.2 Å². The number of hydrogen-bond donors (Lipinski definition) is 3. The standard InChI is InChI=1S/C15H25NO2/c1-4-15(18,5-2)12-16-11-14(3,17)13-9-7-6-8-10-13/h6-10,16-18H,4-5,11-12H2,1-3H3. The van der Waals surface area contributed by atoms with Crippen LogP contribution in [0, 0.1) is 0 Å². The molecule has 0 radical (unpaired) electrons. The van der Waals surface area contributed by atoms with Crippen LogP contribution in [0.3, 0.4) is 0 Å². The topological polar surface area (TPSA) is 52.5 Å². The smallest absolute Gasteiger partial charge is 0.0992 e. The summed E-state index contributed by atoms with van der Waals surface area (Å²) in [6.45, 7) is 6.66. The molecule has 3 heteroatoms. The van der Waals surface area contributed by atoms with Crippen molar-refractivity contribution >= 4 is 0 Å². The van der Waals surface area contributed by atoms with E-state index in [1.807, 2.05) is 44.2 Å². The molecule has 0 saturated carbocycles. The molecule has 0 aromatic heterocycles. The van der Waals surface area contributed by atoms with Gasteiger partial charge >= 0.3 is 0 Å². The van der Waals surface area contributed by atoms with Crippen molar-refractivity contribution in [2.45, 2.75) is 44.8 Å². The van der Waals surface area contributed by atoms with Crippen molar-refractivity contribution in [3.63, 3.8) is 0 Å². The number of nitrogens with one attached hydrogen (secondary N) is 1. The van der Waals surface area contributed by atoms with E-state index in [1.54, 1.807) is 6.92 Å². The number of benzene rings is 1. The van der Waals surface area contributed by atoms with Gasteiger partial charge in [0.1, 0.15) is 0 Å². The molecule has 1 aromatic carbocycles. The molecule has 0 saturated heterocycles. The van der Waals surface area contributed by atoms with Gasteiger partial charge in [-0.2, -0.15) is 0 Å². The van der Waals surface area contributed by atoms with E-state index in [1.165, 1.54) is 0 Å². The van der Waals surface area contributed by atoms with E-state index in [2.05, 4.69) is 5.32 Å². The highest BCUT2D eigenvalue weighted by atomic mass is 16.3. The van der Waals surface area contributed by atoms with Crippen molar-refractivity contribution in [3.05, 3.63) is 35.9 Å². The Bertz CT molecular complexity index is 345. The molecule has 0 spiro atoms. The summed E-state index contributed by atoms with van der Waals surface area (Å²) in [4.78, 5) is 0. The molecule has 0 fully saturated rings. The summed E-state index contributed by atoms with van der Waals surface area (Å²) in [5.41, 5.74) is -0.704. The van der Waals surface area contributed by atoms with E-state index in [0.717, 1.165) is 5.56 Å². The molecule has 18 heavy (non-hydrogen) atoms. The first kappa shape index (κ1) is 15.2. The van der Waals surface area contributed by atoms with Crippen LogP contribution in [0.4, 0.5) is 0 Å². The highest BCUT2D eigenvalue weighted by molar-refractivity contribution is 5.21. The summed E-state index contributed by atoms with van der Waals surface area (Å²) in [6.07, 6.45) is 1.42. The zero-order valence-electron chi connectivity index (χ0n) is 11.6. The molecule has 0 bridgehead atoms. The van der Waals surface area contributed by atoms with Crippen molar-refractivity contribution in [3.8, 4) is 0 Å². The van der Waals surface area contributed by atoms with Crippen LogP contribution in [0.25, 0.3) is 0 Å². The lowest BCUT2D eigenvalue weighted by molar-refractivity contribution is 0.0163. The molecule has 1 aromatic rings. The summed E-state index contributed by atoms with van der Waals surface area (Å²) in [7, 11) is 0. The summed E-state index contributed by atoms with van der Waals surface area (Å²) >= 11 is 0. The summed E-state index contributed by atoms with van der Waals surface area (Å²) in [6, 6.07) is 9.58. The van der Waals surface area contributed by atoms with Crippen LogP contribution < -0.4 is 5.32 Å². The minimum absolute atomic E-state index is 0.430. The monoisotopic (exact) mass is 251 g/mol. The second-order valence-electron chi connectivity index (χ2n) is 5.17. The third-order valence-corrected chi connectivity index (χ3v) is 3.64. The van der Waals surface area contributed by atoms with Gasteiger partial charge in [-0.05, 0) is 25.3 Å². The Kier molecular flexibility index (Phi) is 5.32. The molecule has 1 unspecified atom stereocenters. The predicted molar refractivity (Wildman–Crippen MR) is 74.4 cm³/mol. The first-order valence-electron chi connectivity index (χ1n) is 6.64. The molecule has 0 amide bonds. The molecule has 0 aliphatic heterocycles. The molecule has 1 rings (SSSR count). The lowest BCUT2D eigenvalue weighted by Crippen LogP contribution is -2.44. The zero-order chi connectivity index (χ0) is 13.6. The Labute approximate surface area is 110 Å². The van der Waals surface area contributed by atoms with Gasteiger partial charge < -0.3 is 15.5 Å². The van der Waals surface area contributed by atoms with Gasteiger partial charge in [-0.3, -0.25) is 0 Å². The van der Waals surface area contributed by atoms with Crippen LogP contribution in [0.5, 0.6) is 0 Å². The summed E-state index contributed by atoms with van der Waals surface area (Å²) < 4.78 is 0. The van der Waals surface area contributed by atoms with E-state index in [0.29, 0.717) is 25.9 Å². The van der Waals surface area contributed by atoms with Gasteiger partial charge in [0.2, 0.25) is 0 Å². The molecular formula is C15H25NO2. The normalized spacial score (nSPS) is 15.4. The fourth-order valence-corrected chi connectivity index (χ4v) is 1.94. The van der Waals surface area contributed by atoms with Gasteiger partial charge in [0.05, 0.1) is 11.2 Å². The van der Waals surface area contributed by atoms with Gasteiger partial charge in [-0.15, -0.1) is 0 Å². The van der Waals surface area contributed by atoms with Crippen molar-refractivity contribution in [1.82, 2.24) is 5.32 Å². The fourth-order valence-electron chi connectivity index (χ4n) is 1.94. The molecule has 102 valence electrons. The van der Waals surface area contributed by atoms with E-state index in [-0.39, 0.29) is 0 Å². The minimum Gasteiger partial charge on any atom is -0.389 e. The van der Waals surface area contributed by atoms with Crippen LogP contribution in [-0.2, 0) is 5.60 Å². The van der Waals surface area contributed by atoms with Crippen LogP contribution in [-0.4, -0.2) is 28.9 Å². The van der Waals surface area contributed by atoms with Crippen molar-refractivity contribution < 1.29 is 10.2 Å². The molecular weight excluding hydrogens is 226 g/mol. The van der Waals surface area contributed by atoms with Crippen molar-refractivity contribution in [1.29, 1.82) is 0 Å². The predicted octanol–water partition coefficient (Wildman–Crippen LogP) is 2.03. The quantitative estimate of drug-likeness (QED) is 0.695. The highest BCUT2D eigenvalue weighted by Gasteiger charge is 2.26. The van der Waals surface area contributed by atoms with Crippen molar-refractivity contribution in [2.75, 3.05) is 13.1 Å². The second-order valence-corrected chi connectivity index (χ2v) is 5.17. The number of aliphatic hydroxyl groups is 2. The van der Waals surface area contributed by atoms with E-state index >= 15 is 0 Å². The summed E-state index contributed by atoms with van der Waals surface area (Å²) in [5.74, 6) is 0. The average molecular weight is 251 g/mol. The molecule has 0 aliphatic carbocycles. The highest BCUT2D eigenvalue weighted by Crippen LogP contribution is 2.20. The van der Waals surface area contributed by atoms with Gasteiger partial charge in [-0.25, -0.2) is 0 Å². The molecule has 0 heterocycles. The maximum absolute atomic E-state index is 10.4.